The molecule has 0 aliphatic rings. The van der Waals surface area contributed by atoms with Gasteiger partial charge in [0.2, 0.25) is 0 Å². The van der Waals surface area contributed by atoms with Crippen molar-refractivity contribution in [3.8, 4) is 0 Å². The summed E-state index contributed by atoms with van der Waals surface area (Å²) in [5.41, 5.74) is 0.713. The molecule has 0 saturated heterocycles. The Bertz CT molecular complexity index is 587. The molecule has 0 aliphatic heterocycles. The van der Waals surface area contributed by atoms with Gasteiger partial charge in [0.15, 0.2) is 11.6 Å². The van der Waals surface area contributed by atoms with Crippen LogP contribution in [-0.2, 0) is 9.53 Å². The molecule has 1 aromatic heterocycles. The van der Waals surface area contributed by atoms with Gasteiger partial charge in [-0.15, -0.1) is 0 Å². The zero-order chi connectivity index (χ0) is 13.8. The van der Waals surface area contributed by atoms with Crippen molar-refractivity contribution in [2.45, 2.75) is 5.92 Å². The van der Waals surface area contributed by atoms with E-state index >= 15 is 0 Å². The molecule has 3 nitrogen and oxygen atoms in total. The van der Waals surface area contributed by atoms with E-state index in [-0.39, 0.29) is 0 Å². The van der Waals surface area contributed by atoms with E-state index in [4.69, 9.17) is 4.74 Å². The van der Waals surface area contributed by atoms with Crippen molar-refractivity contribution in [2.75, 3.05) is 7.11 Å². The quantitative estimate of drug-likeness (QED) is 0.799. The standard InChI is InChI=1S/C14H11F2NO2/c1-19-14(18)13(12-4-2-3-7-17-12)9-5-6-10(15)11(16)8-9/h2-8,13H,1H3. The molecule has 19 heavy (non-hydrogen) atoms. The lowest BCUT2D eigenvalue weighted by Gasteiger charge is -2.14. The summed E-state index contributed by atoms with van der Waals surface area (Å²) >= 11 is 0. The van der Waals surface area contributed by atoms with Gasteiger partial charge in [0.05, 0.1) is 12.8 Å². The lowest BCUT2D eigenvalue weighted by Crippen LogP contribution is -2.17. The van der Waals surface area contributed by atoms with Crippen molar-refractivity contribution in [3.05, 3.63) is 65.5 Å². The zero-order valence-electron chi connectivity index (χ0n) is 10.1. The van der Waals surface area contributed by atoms with Gasteiger partial charge in [-0.05, 0) is 29.8 Å². The van der Waals surface area contributed by atoms with Gasteiger partial charge in [-0.1, -0.05) is 12.1 Å². The molecule has 0 aliphatic carbocycles. The molecule has 1 aromatic carbocycles. The van der Waals surface area contributed by atoms with Crippen LogP contribution in [0, 0.1) is 11.6 Å². The number of nitrogens with zero attached hydrogens (tertiary/aromatic N) is 1. The summed E-state index contributed by atoms with van der Waals surface area (Å²) in [6.07, 6.45) is 1.52. The third-order valence-electron chi connectivity index (χ3n) is 2.70. The van der Waals surface area contributed by atoms with Crippen molar-refractivity contribution in [3.63, 3.8) is 0 Å². The van der Waals surface area contributed by atoms with Crippen molar-refractivity contribution < 1.29 is 18.3 Å². The van der Waals surface area contributed by atoms with E-state index in [0.29, 0.717) is 11.3 Å². The van der Waals surface area contributed by atoms with Gasteiger partial charge >= 0.3 is 5.97 Å². The molecule has 1 heterocycles. The number of hydrogen-bond acceptors (Lipinski definition) is 3. The van der Waals surface area contributed by atoms with Crippen LogP contribution in [0.25, 0.3) is 0 Å². The fraction of sp³-hybridized carbons (Fsp3) is 0.143. The van der Waals surface area contributed by atoms with Crippen LogP contribution in [0.3, 0.4) is 0 Å². The van der Waals surface area contributed by atoms with Gasteiger partial charge in [-0.25, -0.2) is 8.78 Å². The largest absolute Gasteiger partial charge is 0.468 e. The molecule has 5 heteroatoms. The van der Waals surface area contributed by atoms with Crippen molar-refractivity contribution in [2.24, 2.45) is 0 Å². The van der Waals surface area contributed by atoms with Crippen LogP contribution in [-0.4, -0.2) is 18.1 Å². The Morgan fingerprint density at radius 3 is 2.58 bits per heavy atom. The molecule has 0 spiro atoms. The lowest BCUT2D eigenvalue weighted by atomic mass is 9.95. The number of esters is 1. The lowest BCUT2D eigenvalue weighted by molar-refractivity contribution is -0.141. The summed E-state index contributed by atoms with van der Waals surface area (Å²) < 4.78 is 30.9. The molecule has 0 N–H and O–H groups in total. The fourth-order valence-electron chi connectivity index (χ4n) is 1.78. The predicted octanol–water partition coefficient (Wildman–Crippen LogP) is 2.66. The number of aromatic nitrogens is 1. The third kappa shape index (κ3) is 2.76. The predicted molar refractivity (Wildman–Crippen MR) is 64.5 cm³/mol. The van der Waals surface area contributed by atoms with Crippen molar-refractivity contribution in [1.29, 1.82) is 0 Å². The summed E-state index contributed by atoms with van der Waals surface area (Å²) in [4.78, 5) is 15.9. The molecule has 1 unspecified atom stereocenters. The van der Waals surface area contributed by atoms with Crippen LogP contribution in [0.1, 0.15) is 17.2 Å². The smallest absolute Gasteiger partial charge is 0.319 e. The molecular formula is C14H11F2NO2. The average molecular weight is 263 g/mol. The molecule has 0 bridgehead atoms. The third-order valence-corrected chi connectivity index (χ3v) is 2.70. The normalized spacial score (nSPS) is 11.9. The Morgan fingerprint density at radius 1 is 1.21 bits per heavy atom. The first-order chi connectivity index (χ1) is 9.13. The number of hydrogen-bond donors (Lipinski definition) is 0. The molecule has 0 saturated carbocycles. The summed E-state index contributed by atoms with van der Waals surface area (Å²) in [5.74, 6) is -3.43. The molecule has 0 fully saturated rings. The first-order valence-electron chi connectivity index (χ1n) is 5.57. The van der Waals surface area contributed by atoms with E-state index in [1.165, 1.54) is 19.4 Å². The van der Waals surface area contributed by atoms with Gasteiger partial charge in [0.1, 0.15) is 5.92 Å². The topological polar surface area (TPSA) is 39.2 Å². The highest BCUT2D eigenvalue weighted by Gasteiger charge is 2.25. The summed E-state index contributed by atoms with van der Waals surface area (Å²) in [6.45, 7) is 0. The first kappa shape index (κ1) is 13.1. The van der Waals surface area contributed by atoms with Crippen LogP contribution in [0.4, 0.5) is 8.78 Å². The molecule has 2 rings (SSSR count). The van der Waals surface area contributed by atoms with E-state index < -0.39 is 23.5 Å². The zero-order valence-corrected chi connectivity index (χ0v) is 10.1. The van der Waals surface area contributed by atoms with E-state index in [9.17, 15) is 13.6 Å². The molecular weight excluding hydrogens is 252 g/mol. The second-order valence-electron chi connectivity index (χ2n) is 3.88. The van der Waals surface area contributed by atoms with Gasteiger partial charge in [-0.2, -0.15) is 0 Å². The maximum Gasteiger partial charge on any atom is 0.319 e. The Labute approximate surface area is 108 Å². The Morgan fingerprint density at radius 2 is 2.00 bits per heavy atom. The van der Waals surface area contributed by atoms with E-state index in [1.54, 1.807) is 18.2 Å². The number of halogens is 2. The molecule has 2 aromatic rings. The van der Waals surface area contributed by atoms with Crippen LogP contribution in [0.2, 0.25) is 0 Å². The fourth-order valence-corrected chi connectivity index (χ4v) is 1.78. The summed E-state index contributed by atoms with van der Waals surface area (Å²) in [6, 6.07) is 8.33. The van der Waals surface area contributed by atoms with Crippen molar-refractivity contribution >= 4 is 5.97 Å². The van der Waals surface area contributed by atoms with Crippen LogP contribution < -0.4 is 0 Å². The number of methoxy groups -OCH3 is 1. The monoisotopic (exact) mass is 263 g/mol. The first-order valence-corrected chi connectivity index (χ1v) is 5.57. The second-order valence-corrected chi connectivity index (χ2v) is 3.88. The Kier molecular flexibility index (Phi) is 3.85. The van der Waals surface area contributed by atoms with Crippen molar-refractivity contribution in [1.82, 2.24) is 4.98 Å². The maximum absolute atomic E-state index is 13.3. The second kappa shape index (κ2) is 5.56. The van der Waals surface area contributed by atoms with Crippen LogP contribution >= 0.6 is 0 Å². The van der Waals surface area contributed by atoms with E-state index in [0.717, 1.165) is 12.1 Å². The number of pyridine rings is 1. The number of carbonyl (C=O) groups is 1. The van der Waals surface area contributed by atoms with Crippen LogP contribution in [0.5, 0.6) is 0 Å². The number of benzene rings is 1. The highest BCUT2D eigenvalue weighted by atomic mass is 19.2. The molecule has 0 amide bonds. The molecule has 1 atom stereocenters. The van der Waals surface area contributed by atoms with Gasteiger partial charge in [0.25, 0.3) is 0 Å². The average Bonchev–Trinajstić information content (AvgIpc) is 2.44. The Balaban J connectivity index is 2.49. The number of carbonyl (C=O) groups excluding carboxylic acids is 1. The van der Waals surface area contributed by atoms with E-state index in [1.807, 2.05) is 0 Å². The number of ether oxygens (including phenoxy) is 1. The van der Waals surface area contributed by atoms with Crippen LogP contribution in [0.15, 0.2) is 42.6 Å². The maximum atomic E-state index is 13.3. The SMILES string of the molecule is COC(=O)C(c1ccc(F)c(F)c1)c1ccccn1. The van der Waals surface area contributed by atoms with Gasteiger partial charge in [0, 0.05) is 6.20 Å². The highest BCUT2D eigenvalue weighted by Crippen LogP contribution is 2.25. The number of rotatable bonds is 3. The molecule has 0 radical (unpaired) electrons. The highest BCUT2D eigenvalue weighted by molar-refractivity contribution is 5.81. The summed E-state index contributed by atoms with van der Waals surface area (Å²) in [7, 11) is 1.23. The minimum absolute atomic E-state index is 0.296. The Hall–Kier alpha value is -2.30. The van der Waals surface area contributed by atoms with Gasteiger partial charge < -0.3 is 4.74 Å². The minimum atomic E-state index is -1.01. The minimum Gasteiger partial charge on any atom is -0.468 e. The van der Waals surface area contributed by atoms with Gasteiger partial charge in [-0.3, -0.25) is 9.78 Å². The molecule has 98 valence electrons. The van der Waals surface area contributed by atoms with E-state index in [2.05, 4.69) is 4.98 Å². The summed E-state index contributed by atoms with van der Waals surface area (Å²) in [5, 5.41) is 0.